The number of anilines is 1. The number of carbonyl (C=O) groups excluding carboxylic acids is 1. The first kappa shape index (κ1) is 13.6. The Hall–Kier alpha value is -1.36. The third-order valence-corrected chi connectivity index (χ3v) is 4.80. The van der Waals surface area contributed by atoms with Crippen molar-refractivity contribution in [3.05, 3.63) is 12.4 Å². The Labute approximate surface area is 120 Å². The van der Waals surface area contributed by atoms with Crippen molar-refractivity contribution in [2.75, 3.05) is 18.4 Å². The normalized spacial score (nSPS) is 22.9. The van der Waals surface area contributed by atoms with Gasteiger partial charge in [0.2, 0.25) is 5.91 Å². The largest absolute Gasteiger partial charge is 0.323 e. The molecular formula is C15H24N4O. The molecule has 3 rings (SSSR count). The minimum Gasteiger partial charge on any atom is -0.323 e. The van der Waals surface area contributed by atoms with Crippen molar-refractivity contribution >= 4 is 11.6 Å². The van der Waals surface area contributed by atoms with Gasteiger partial charge in [-0.05, 0) is 38.8 Å². The van der Waals surface area contributed by atoms with Crippen LogP contribution in [0.25, 0.3) is 0 Å². The average Bonchev–Trinajstić information content (AvgIpc) is 3.10. The highest BCUT2D eigenvalue weighted by atomic mass is 16.2. The maximum Gasteiger partial charge on any atom is 0.230 e. The molecule has 2 aliphatic rings. The lowest BCUT2D eigenvalue weighted by Crippen LogP contribution is -2.31. The first-order valence-corrected chi connectivity index (χ1v) is 7.74. The van der Waals surface area contributed by atoms with E-state index in [9.17, 15) is 4.79 Å². The molecular weight excluding hydrogens is 252 g/mol. The number of rotatable bonds is 3. The topological polar surface area (TPSA) is 59.0 Å². The van der Waals surface area contributed by atoms with Crippen molar-refractivity contribution in [1.29, 1.82) is 0 Å². The lowest BCUT2D eigenvalue weighted by Gasteiger charge is -2.23. The number of amides is 1. The molecule has 0 aromatic carbocycles. The van der Waals surface area contributed by atoms with Crippen LogP contribution in [-0.4, -0.2) is 28.8 Å². The van der Waals surface area contributed by atoms with Gasteiger partial charge in [0.1, 0.15) is 0 Å². The molecule has 5 nitrogen and oxygen atoms in total. The molecule has 1 aliphatic carbocycles. The quantitative estimate of drug-likeness (QED) is 0.890. The molecule has 0 atom stereocenters. The zero-order chi connectivity index (χ0) is 14.0. The highest BCUT2D eigenvalue weighted by Gasteiger charge is 2.36. The summed E-state index contributed by atoms with van der Waals surface area (Å²) in [5.74, 6) is 0.153. The summed E-state index contributed by atoms with van der Waals surface area (Å²) in [5, 5.41) is 10.8. The van der Waals surface area contributed by atoms with Crippen LogP contribution in [0, 0.1) is 5.41 Å². The molecule has 1 aliphatic heterocycles. The molecule has 1 aromatic heterocycles. The van der Waals surface area contributed by atoms with E-state index in [1.54, 1.807) is 6.20 Å². The Morgan fingerprint density at radius 2 is 2.10 bits per heavy atom. The standard InChI is InChI=1S/C15H24N4O/c1-15(6-2-3-7-15)14(20)18-12-10-17-19(11-12)13-4-8-16-9-5-13/h10-11,13,16H,2-9H2,1H3,(H,18,20). The lowest BCUT2D eigenvalue weighted by molar-refractivity contribution is -0.124. The summed E-state index contributed by atoms with van der Waals surface area (Å²) in [6, 6.07) is 0.462. The van der Waals surface area contributed by atoms with E-state index >= 15 is 0 Å². The fourth-order valence-electron chi connectivity index (χ4n) is 3.34. The van der Waals surface area contributed by atoms with Crippen LogP contribution in [0.3, 0.4) is 0 Å². The molecule has 0 unspecified atom stereocenters. The highest BCUT2D eigenvalue weighted by Crippen LogP contribution is 2.38. The summed E-state index contributed by atoms with van der Waals surface area (Å²) >= 11 is 0. The number of nitrogens with zero attached hydrogens (tertiary/aromatic N) is 2. The maximum absolute atomic E-state index is 12.4. The van der Waals surface area contributed by atoms with Gasteiger partial charge in [-0.2, -0.15) is 5.10 Å². The number of nitrogens with one attached hydrogen (secondary N) is 2. The van der Waals surface area contributed by atoms with Crippen molar-refractivity contribution in [2.24, 2.45) is 5.41 Å². The zero-order valence-corrected chi connectivity index (χ0v) is 12.2. The lowest BCUT2D eigenvalue weighted by atomic mass is 9.88. The summed E-state index contributed by atoms with van der Waals surface area (Å²) in [5.41, 5.74) is 0.651. The van der Waals surface area contributed by atoms with Crippen LogP contribution in [0.1, 0.15) is 51.5 Å². The Kier molecular flexibility index (Phi) is 3.78. The molecule has 0 bridgehead atoms. The van der Waals surface area contributed by atoms with Gasteiger partial charge in [0.15, 0.2) is 0 Å². The van der Waals surface area contributed by atoms with Crippen LogP contribution >= 0.6 is 0 Å². The molecule has 2 N–H and O–H groups in total. The van der Waals surface area contributed by atoms with Gasteiger partial charge in [0.25, 0.3) is 0 Å². The predicted octanol–water partition coefficient (Wildman–Crippen LogP) is 2.33. The minimum absolute atomic E-state index is 0.153. The van der Waals surface area contributed by atoms with Crippen LogP contribution in [0.4, 0.5) is 5.69 Å². The monoisotopic (exact) mass is 276 g/mol. The summed E-state index contributed by atoms with van der Waals surface area (Å²) in [4.78, 5) is 12.4. The van der Waals surface area contributed by atoms with Gasteiger partial charge in [-0.3, -0.25) is 9.48 Å². The number of aromatic nitrogens is 2. The predicted molar refractivity (Wildman–Crippen MR) is 78.6 cm³/mol. The SMILES string of the molecule is CC1(C(=O)Nc2cnn(C3CCNCC3)c2)CCCC1. The second-order valence-electron chi connectivity index (χ2n) is 6.41. The van der Waals surface area contributed by atoms with Crippen LogP contribution in [0.2, 0.25) is 0 Å². The number of hydrogen-bond acceptors (Lipinski definition) is 3. The second kappa shape index (κ2) is 5.56. The maximum atomic E-state index is 12.4. The van der Waals surface area contributed by atoms with Gasteiger partial charge in [-0.1, -0.05) is 19.8 Å². The summed E-state index contributed by atoms with van der Waals surface area (Å²) < 4.78 is 2.01. The average molecular weight is 276 g/mol. The number of carbonyl (C=O) groups is 1. The zero-order valence-electron chi connectivity index (χ0n) is 12.2. The first-order valence-electron chi connectivity index (χ1n) is 7.74. The molecule has 2 fully saturated rings. The summed E-state index contributed by atoms with van der Waals surface area (Å²) in [6.45, 7) is 4.17. The van der Waals surface area contributed by atoms with E-state index < -0.39 is 0 Å². The third-order valence-electron chi connectivity index (χ3n) is 4.80. The van der Waals surface area contributed by atoms with Crippen LogP contribution in [-0.2, 0) is 4.79 Å². The second-order valence-corrected chi connectivity index (χ2v) is 6.41. The Balaban J connectivity index is 1.63. The molecule has 1 amide bonds. The van der Waals surface area contributed by atoms with Crippen LogP contribution in [0.5, 0.6) is 0 Å². The Morgan fingerprint density at radius 3 is 2.80 bits per heavy atom. The van der Waals surface area contributed by atoms with E-state index in [0.717, 1.165) is 57.3 Å². The van der Waals surface area contributed by atoms with Gasteiger partial charge in [-0.15, -0.1) is 0 Å². The van der Waals surface area contributed by atoms with E-state index in [0.29, 0.717) is 6.04 Å². The molecule has 5 heteroatoms. The first-order chi connectivity index (χ1) is 9.67. The van der Waals surface area contributed by atoms with Crippen LogP contribution < -0.4 is 10.6 Å². The van der Waals surface area contributed by atoms with Gasteiger partial charge in [-0.25, -0.2) is 0 Å². The molecule has 1 saturated carbocycles. The van der Waals surface area contributed by atoms with Crippen LogP contribution in [0.15, 0.2) is 12.4 Å². The van der Waals surface area contributed by atoms with Crippen molar-refractivity contribution < 1.29 is 4.79 Å². The van der Waals surface area contributed by atoms with Gasteiger partial charge in [0.05, 0.1) is 17.9 Å². The van der Waals surface area contributed by atoms with Gasteiger partial charge < -0.3 is 10.6 Å². The van der Waals surface area contributed by atoms with E-state index in [1.807, 2.05) is 10.9 Å². The van der Waals surface area contributed by atoms with E-state index in [-0.39, 0.29) is 11.3 Å². The van der Waals surface area contributed by atoms with Crippen molar-refractivity contribution in [2.45, 2.75) is 51.5 Å². The summed E-state index contributed by atoms with van der Waals surface area (Å²) in [7, 11) is 0. The summed E-state index contributed by atoms with van der Waals surface area (Å²) in [6.07, 6.45) is 10.3. The molecule has 0 spiro atoms. The van der Waals surface area contributed by atoms with Gasteiger partial charge in [0, 0.05) is 11.6 Å². The molecule has 1 saturated heterocycles. The third kappa shape index (κ3) is 2.73. The molecule has 110 valence electrons. The fourth-order valence-corrected chi connectivity index (χ4v) is 3.34. The van der Waals surface area contributed by atoms with Gasteiger partial charge >= 0.3 is 0 Å². The highest BCUT2D eigenvalue weighted by molar-refractivity contribution is 5.95. The van der Waals surface area contributed by atoms with E-state index in [1.165, 1.54) is 0 Å². The number of hydrogen-bond donors (Lipinski definition) is 2. The number of piperidine rings is 1. The molecule has 1 aromatic rings. The van der Waals surface area contributed by atoms with E-state index in [4.69, 9.17) is 0 Å². The fraction of sp³-hybridized carbons (Fsp3) is 0.733. The Morgan fingerprint density at radius 1 is 1.40 bits per heavy atom. The van der Waals surface area contributed by atoms with Crippen molar-refractivity contribution in [1.82, 2.24) is 15.1 Å². The van der Waals surface area contributed by atoms with Crippen molar-refractivity contribution in [3.63, 3.8) is 0 Å². The Bertz CT molecular complexity index is 470. The smallest absolute Gasteiger partial charge is 0.230 e. The van der Waals surface area contributed by atoms with Crippen molar-refractivity contribution in [3.8, 4) is 0 Å². The molecule has 2 heterocycles. The molecule has 20 heavy (non-hydrogen) atoms. The molecule has 0 radical (unpaired) electrons. The minimum atomic E-state index is -0.184. The van der Waals surface area contributed by atoms with E-state index in [2.05, 4.69) is 22.7 Å².